The van der Waals surface area contributed by atoms with E-state index in [1.807, 2.05) is 0 Å². The quantitative estimate of drug-likeness (QED) is 0.803. The topological polar surface area (TPSA) is 46.2 Å². The molecule has 2 rings (SSSR count). The Balaban J connectivity index is 1.90. The van der Waals surface area contributed by atoms with Crippen LogP contribution in [-0.4, -0.2) is 32.0 Å². The second kappa shape index (κ2) is 4.65. The van der Waals surface area contributed by atoms with Gasteiger partial charge in [0.15, 0.2) is 9.84 Å². The average molecular weight is 245 g/mol. The van der Waals surface area contributed by atoms with E-state index in [4.69, 9.17) is 0 Å². The van der Waals surface area contributed by atoms with Crippen LogP contribution in [-0.2, 0) is 9.84 Å². The third-order valence-electron chi connectivity index (χ3n) is 4.39. The van der Waals surface area contributed by atoms with E-state index in [0.717, 1.165) is 12.3 Å². The van der Waals surface area contributed by atoms with E-state index in [9.17, 15) is 8.42 Å². The Morgan fingerprint density at radius 2 is 1.88 bits per heavy atom. The molecule has 3 nitrogen and oxygen atoms in total. The summed E-state index contributed by atoms with van der Waals surface area (Å²) in [5.41, 5.74) is 0. The van der Waals surface area contributed by atoms with Crippen LogP contribution >= 0.6 is 0 Å². The van der Waals surface area contributed by atoms with Gasteiger partial charge in [0, 0.05) is 12.1 Å². The molecule has 1 N–H and O–H groups in total. The van der Waals surface area contributed by atoms with Crippen LogP contribution in [0, 0.1) is 11.8 Å². The lowest BCUT2D eigenvalue weighted by Crippen LogP contribution is -2.46. The van der Waals surface area contributed by atoms with E-state index >= 15 is 0 Å². The van der Waals surface area contributed by atoms with Gasteiger partial charge in [-0.2, -0.15) is 0 Å². The zero-order valence-corrected chi connectivity index (χ0v) is 11.1. The first-order valence-corrected chi connectivity index (χ1v) is 8.26. The van der Waals surface area contributed by atoms with Gasteiger partial charge in [0.25, 0.3) is 0 Å². The van der Waals surface area contributed by atoms with Gasteiger partial charge in [-0.1, -0.05) is 26.7 Å². The maximum absolute atomic E-state index is 11.4. The second-order valence-corrected chi connectivity index (χ2v) is 7.87. The van der Waals surface area contributed by atoms with E-state index in [1.54, 1.807) is 0 Å². The molecule has 1 saturated heterocycles. The number of rotatable bonds is 2. The molecule has 0 spiro atoms. The smallest absolute Gasteiger partial charge is 0.151 e. The molecule has 1 heterocycles. The summed E-state index contributed by atoms with van der Waals surface area (Å²) in [4.78, 5) is 0. The van der Waals surface area contributed by atoms with Crippen molar-refractivity contribution in [3.63, 3.8) is 0 Å². The van der Waals surface area contributed by atoms with Gasteiger partial charge in [-0.05, 0) is 24.7 Å². The molecule has 0 aromatic heterocycles. The minimum absolute atomic E-state index is 0.211. The Morgan fingerprint density at radius 3 is 2.50 bits per heavy atom. The normalized spacial score (nSPS) is 43.4. The summed E-state index contributed by atoms with van der Waals surface area (Å²) >= 11 is 0. The van der Waals surface area contributed by atoms with Crippen LogP contribution in [0.4, 0.5) is 0 Å². The molecule has 94 valence electrons. The second-order valence-electron chi connectivity index (χ2n) is 5.64. The Kier molecular flexibility index (Phi) is 3.59. The molecule has 2 fully saturated rings. The van der Waals surface area contributed by atoms with E-state index in [-0.39, 0.29) is 6.04 Å². The van der Waals surface area contributed by atoms with Gasteiger partial charge in [0.2, 0.25) is 0 Å². The molecule has 4 heteroatoms. The molecular formula is C12H23NO2S. The fourth-order valence-electron chi connectivity index (χ4n) is 3.05. The molecule has 4 unspecified atom stereocenters. The maximum Gasteiger partial charge on any atom is 0.151 e. The third-order valence-corrected chi connectivity index (χ3v) is 6.16. The summed E-state index contributed by atoms with van der Waals surface area (Å²) in [7, 11) is -2.74. The maximum atomic E-state index is 11.4. The van der Waals surface area contributed by atoms with Crippen molar-refractivity contribution in [3.05, 3.63) is 0 Å². The molecule has 16 heavy (non-hydrogen) atoms. The molecule has 0 amide bonds. The summed E-state index contributed by atoms with van der Waals surface area (Å²) in [5.74, 6) is 2.17. The van der Waals surface area contributed by atoms with Crippen molar-refractivity contribution < 1.29 is 8.42 Å². The van der Waals surface area contributed by atoms with Gasteiger partial charge in [0.1, 0.15) is 0 Å². The summed E-state index contributed by atoms with van der Waals surface area (Å²) < 4.78 is 22.8. The number of hydrogen-bond acceptors (Lipinski definition) is 3. The SMILES string of the molecule is CC1CCCC(NC2CCS(=O)(=O)C2)C1C. The number of nitrogens with one attached hydrogen (secondary N) is 1. The minimum atomic E-state index is -2.74. The molecule has 1 aliphatic heterocycles. The monoisotopic (exact) mass is 245 g/mol. The fourth-order valence-corrected chi connectivity index (χ4v) is 4.73. The van der Waals surface area contributed by atoms with Crippen LogP contribution < -0.4 is 5.32 Å². The summed E-state index contributed by atoms with van der Waals surface area (Å²) in [5, 5.41) is 3.57. The lowest BCUT2D eigenvalue weighted by Gasteiger charge is -2.36. The van der Waals surface area contributed by atoms with Crippen molar-refractivity contribution in [1.29, 1.82) is 0 Å². The zero-order chi connectivity index (χ0) is 11.8. The Bertz CT molecular complexity index is 339. The highest BCUT2D eigenvalue weighted by Gasteiger charge is 2.33. The first kappa shape index (κ1) is 12.4. The predicted molar refractivity (Wildman–Crippen MR) is 66.2 cm³/mol. The van der Waals surface area contributed by atoms with Crippen molar-refractivity contribution in [2.45, 2.75) is 51.6 Å². The molecule has 0 aromatic carbocycles. The van der Waals surface area contributed by atoms with Crippen LogP contribution in [0.1, 0.15) is 39.5 Å². The molecule has 4 atom stereocenters. The summed E-state index contributed by atoms with van der Waals surface area (Å²) in [6.07, 6.45) is 4.62. The van der Waals surface area contributed by atoms with Gasteiger partial charge in [-0.25, -0.2) is 8.42 Å². The molecule has 0 bridgehead atoms. The van der Waals surface area contributed by atoms with Crippen molar-refractivity contribution in [2.75, 3.05) is 11.5 Å². The van der Waals surface area contributed by atoms with E-state index in [0.29, 0.717) is 23.5 Å². The molecule has 1 saturated carbocycles. The van der Waals surface area contributed by atoms with Crippen LogP contribution in [0.5, 0.6) is 0 Å². The highest BCUT2D eigenvalue weighted by Crippen LogP contribution is 2.30. The number of hydrogen-bond donors (Lipinski definition) is 1. The standard InChI is InChI=1S/C12H23NO2S/c1-9-4-3-5-12(10(9)2)13-11-6-7-16(14,15)8-11/h9-13H,3-8H2,1-2H3. The lowest BCUT2D eigenvalue weighted by molar-refractivity contribution is 0.197. The third kappa shape index (κ3) is 2.77. The van der Waals surface area contributed by atoms with Crippen LogP contribution in [0.25, 0.3) is 0 Å². The van der Waals surface area contributed by atoms with Gasteiger partial charge in [-0.15, -0.1) is 0 Å². The first-order valence-electron chi connectivity index (χ1n) is 6.44. The van der Waals surface area contributed by atoms with Crippen LogP contribution in [0.3, 0.4) is 0 Å². The van der Waals surface area contributed by atoms with Crippen molar-refractivity contribution in [3.8, 4) is 0 Å². The van der Waals surface area contributed by atoms with Crippen molar-refractivity contribution in [2.24, 2.45) is 11.8 Å². The van der Waals surface area contributed by atoms with Crippen molar-refractivity contribution in [1.82, 2.24) is 5.32 Å². The Hall–Kier alpha value is -0.0900. The van der Waals surface area contributed by atoms with Crippen LogP contribution in [0.15, 0.2) is 0 Å². The van der Waals surface area contributed by atoms with E-state index in [1.165, 1.54) is 19.3 Å². The number of sulfone groups is 1. The Labute approximate surface area is 98.9 Å². The molecule has 1 aliphatic carbocycles. The Morgan fingerprint density at radius 1 is 1.12 bits per heavy atom. The summed E-state index contributed by atoms with van der Waals surface area (Å²) in [6.45, 7) is 4.61. The predicted octanol–water partition coefficient (Wildman–Crippen LogP) is 1.59. The molecular weight excluding hydrogens is 222 g/mol. The molecule has 0 radical (unpaired) electrons. The highest BCUT2D eigenvalue weighted by molar-refractivity contribution is 7.91. The van der Waals surface area contributed by atoms with E-state index in [2.05, 4.69) is 19.2 Å². The first-order chi connectivity index (χ1) is 7.48. The zero-order valence-electron chi connectivity index (χ0n) is 10.3. The fraction of sp³-hybridized carbons (Fsp3) is 1.00. The highest BCUT2D eigenvalue weighted by atomic mass is 32.2. The van der Waals surface area contributed by atoms with E-state index < -0.39 is 9.84 Å². The van der Waals surface area contributed by atoms with Gasteiger partial charge in [0.05, 0.1) is 11.5 Å². The average Bonchev–Trinajstić information content (AvgIpc) is 2.53. The van der Waals surface area contributed by atoms with Crippen molar-refractivity contribution >= 4 is 9.84 Å². The largest absolute Gasteiger partial charge is 0.310 e. The van der Waals surface area contributed by atoms with Crippen LogP contribution in [0.2, 0.25) is 0 Å². The summed E-state index contributed by atoms with van der Waals surface area (Å²) in [6, 6.07) is 0.741. The lowest BCUT2D eigenvalue weighted by atomic mass is 9.78. The molecule has 0 aromatic rings. The molecule has 2 aliphatic rings. The minimum Gasteiger partial charge on any atom is -0.310 e. The van der Waals surface area contributed by atoms with Gasteiger partial charge < -0.3 is 5.32 Å². The van der Waals surface area contributed by atoms with Gasteiger partial charge in [-0.3, -0.25) is 0 Å². The van der Waals surface area contributed by atoms with Gasteiger partial charge >= 0.3 is 0 Å².